The number of para-hydroxylation sites is 1. The number of amides is 1. The summed E-state index contributed by atoms with van der Waals surface area (Å²) in [5.74, 6) is 0.898. The number of nitrogens with one attached hydrogen (secondary N) is 1. The summed E-state index contributed by atoms with van der Waals surface area (Å²) in [4.78, 5) is 26.1. The van der Waals surface area contributed by atoms with Crippen molar-refractivity contribution < 1.29 is 24.2 Å². The Balaban J connectivity index is 1.18. The molecule has 7 nitrogen and oxygen atoms in total. The Morgan fingerprint density at radius 3 is 2.21 bits per heavy atom. The molecule has 5 rings (SSSR count). The van der Waals surface area contributed by atoms with Crippen LogP contribution in [0.5, 0.6) is 17.2 Å². The van der Waals surface area contributed by atoms with Gasteiger partial charge in [-0.2, -0.15) is 0 Å². The summed E-state index contributed by atoms with van der Waals surface area (Å²) in [7, 11) is 2.14. The average Bonchev–Trinajstić information content (AvgIpc) is 2.91. The first-order valence-corrected chi connectivity index (χ1v) is 12.7. The second kappa shape index (κ2) is 11.4. The number of hydrogen-bond donors (Lipinski definition) is 2. The first-order valence-electron chi connectivity index (χ1n) is 12.7. The average molecular weight is 511 g/mol. The van der Waals surface area contributed by atoms with Crippen LogP contribution in [0.3, 0.4) is 0 Å². The number of likely N-dealkylation sites (tertiary alicyclic amines) is 1. The van der Waals surface area contributed by atoms with E-state index in [9.17, 15) is 14.7 Å². The number of benzene rings is 4. The smallest absolute Gasteiger partial charge is 0.337 e. The minimum absolute atomic E-state index is 0.0565. The highest BCUT2D eigenvalue weighted by Gasteiger charge is 2.18. The number of nitrogens with zero attached hydrogens (tertiary/aromatic N) is 1. The molecule has 38 heavy (non-hydrogen) atoms. The van der Waals surface area contributed by atoms with Gasteiger partial charge >= 0.3 is 5.97 Å². The van der Waals surface area contributed by atoms with Crippen molar-refractivity contribution in [1.29, 1.82) is 0 Å². The number of aromatic carboxylic acids is 1. The van der Waals surface area contributed by atoms with E-state index in [0.717, 1.165) is 53.8 Å². The lowest BCUT2D eigenvalue weighted by molar-refractivity contribution is -0.115. The summed E-state index contributed by atoms with van der Waals surface area (Å²) in [6.45, 7) is 2.13. The molecule has 0 atom stereocenters. The molecule has 1 heterocycles. The summed E-state index contributed by atoms with van der Waals surface area (Å²) >= 11 is 0. The number of carboxylic acid groups (broad SMARTS) is 1. The lowest BCUT2D eigenvalue weighted by Crippen LogP contribution is -2.35. The van der Waals surface area contributed by atoms with Gasteiger partial charge in [0.15, 0.2) is 0 Å². The summed E-state index contributed by atoms with van der Waals surface area (Å²) in [5.41, 5.74) is 1.13. The summed E-state index contributed by atoms with van der Waals surface area (Å²) < 4.78 is 12.3. The molecule has 0 aliphatic carbocycles. The molecule has 1 aliphatic heterocycles. The van der Waals surface area contributed by atoms with Crippen LogP contribution >= 0.6 is 0 Å². The first-order chi connectivity index (χ1) is 18.4. The van der Waals surface area contributed by atoms with Crippen molar-refractivity contribution in [3.63, 3.8) is 0 Å². The van der Waals surface area contributed by atoms with Crippen LogP contribution in [0.2, 0.25) is 0 Å². The Hall–Kier alpha value is -4.36. The van der Waals surface area contributed by atoms with Gasteiger partial charge < -0.3 is 24.8 Å². The van der Waals surface area contributed by atoms with Gasteiger partial charge in [0, 0.05) is 13.1 Å². The van der Waals surface area contributed by atoms with Crippen LogP contribution < -0.4 is 14.8 Å². The number of rotatable bonds is 8. The van der Waals surface area contributed by atoms with Crippen LogP contribution in [0.4, 0.5) is 5.69 Å². The number of anilines is 1. The maximum atomic E-state index is 12.5. The molecule has 0 aromatic heterocycles. The molecule has 1 saturated heterocycles. The summed E-state index contributed by atoms with van der Waals surface area (Å²) in [5, 5.41) is 14.1. The molecule has 2 N–H and O–H groups in total. The number of piperidine rings is 1. The van der Waals surface area contributed by atoms with Gasteiger partial charge in [-0.25, -0.2) is 4.79 Å². The zero-order chi connectivity index (χ0) is 26.5. The maximum absolute atomic E-state index is 12.5. The fourth-order valence-corrected chi connectivity index (χ4v) is 4.60. The van der Waals surface area contributed by atoms with Gasteiger partial charge in [-0.1, -0.05) is 36.4 Å². The van der Waals surface area contributed by atoms with Gasteiger partial charge in [0.1, 0.15) is 23.4 Å². The summed E-state index contributed by atoms with van der Waals surface area (Å²) in [6, 6.07) is 25.7. The van der Waals surface area contributed by atoms with Crippen molar-refractivity contribution in [2.75, 3.05) is 25.5 Å². The Labute approximate surface area is 221 Å². The van der Waals surface area contributed by atoms with Crippen molar-refractivity contribution in [3.8, 4) is 17.2 Å². The SMILES string of the molecule is CN1CCC(Oc2ccc3cc(Oc4ccc(CC(=O)Nc5ccccc5C(=O)O)cc4)ccc3c2)CC1. The largest absolute Gasteiger partial charge is 0.490 e. The van der Waals surface area contributed by atoms with E-state index >= 15 is 0 Å². The van der Waals surface area contributed by atoms with Crippen molar-refractivity contribution in [3.05, 3.63) is 96.1 Å². The molecule has 0 radical (unpaired) electrons. The Kier molecular flexibility index (Phi) is 7.56. The summed E-state index contributed by atoms with van der Waals surface area (Å²) in [6.07, 6.45) is 2.47. The Morgan fingerprint density at radius 2 is 1.50 bits per heavy atom. The van der Waals surface area contributed by atoms with Crippen molar-refractivity contribution >= 4 is 28.3 Å². The minimum atomic E-state index is -1.09. The fourth-order valence-electron chi connectivity index (χ4n) is 4.60. The zero-order valence-corrected chi connectivity index (χ0v) is 21.2. The van der Waals surface area contributed by atoms with E-state index in [0.29, 0.717) is 5.75 Å². The van der Waals surface area contributed by atoms with Crippen LogP contribution in [-0.2, 0) is 11.2 Å². The van der Waals surface area contributed by atoms with E-state index in [1.165, 1.54) is 6.07 Å². The van der Waals surface area contributed by atoms with Gasteiger partial charge in [0.05, 0.1) is 17.7 Å². The highest BCUT2D eigenvalue weighted by atomic mass is 16.5. The molecule has 7 heteroatoms. The predicted molar refractivity (Wildman–Crippen MR) is 147 cm³/mol. The Morgan fingerprint density at radius 1 is 0.868 bits per heavy atom. The second-order valence-corrected chi connectivity index (χ2v) is 9.61. The molecule has 0 saturated carbocycles. The van der Waals surface area contributed by atoms with Crippen molar-refractivity contribution in [1.82, 2.24) is 4.90 Å². The number of ether oxygens (including phenoxy) is 2. The van der Waals surface area contributed by atoms with Gasteiger partial charge in [0.2, 0.25) is 5.91 Å². The molecule has 0 spiro atoms. The number of carbonyl (C=O) groups is 2. The van der Waals surface area contributed by atoms with E-state index < -0.39 is 5.97 Å². The first kappa shape index (κ1) is 25.3. The maximum Gasteiger partial charge on any atom is 0.337 e. The molecular weight excluding hydrogens is 480 g/mol. The molecule has 0 unspecified atom stereocenters. The molecule has 1 fully saturated rings. The molecule has 194 valence electrons. The van der Waals surface area contributed by atoms with E-state index in [4.69, 9.17) is 9.47 Å². The standard InChI is InChI=1S/C31H30N2O5/c1-33-16-14-25(15-17-33)38-27-13-9-22-19-26(12-8-23(22)20-27)37-24-10-6-21(7-11-24)18-30(34)32-29-5-3-2-4-28(29)31(35)36/h2-13,19-20,25H,14-18H2,1H3,(H,32,34)(H,35,36). The molecule has 1 amide bonds. The number of hydrogen-bond acceptors (Lipinski definition) is 5. The van der Waals surface area contributed by atoms with Crippen LogP contribution in [-0.4, -0.2) is 48.1 Å². The van der Waals surface area contributed by atoms with Crippen LogP contribution in [0.15, 0.2) is 84.9 Å². The van der Waals surface area contributed by atoms with Crippen LogP contribution in [0.25, 0.3) is 10.8 Å². The number of carboxylic acids is 1. The third kappa shape index (κ3) is 6.30. The lowest BCUT2D eigenvalue weighted by Gasteiger charge is -2.29. The topological polar surface area (TPSA) is 88.1 Å². The van der Waals surface area contributed by atoms with E-state index in [2.05, 4.69) is 29.4 Å². The van der Waals surface area contributed by atoms with Gasteiger partial charge in [-0.15, -0.1) is 0 Å². The monoisotopic (exact) mass is 510 g/mol. The van der Waals surface area contributed by atoms with Crippen LogP contribution in [0.1, 0.15) is 28.8 Å². The van der Waals surface area contributed by atoms with Crippen molar-refractivity contribution in [2.24, 2.45) is 0 Å². The normalized spacial score (nSPS) is 14.2. The fraction of sp³-hybridized carbons (Fsp3) is 0.226. The number of fused-ring (bicyclic) bond motifs is 1. The molecular formula is C31H30N2O5. The highest BCUT2D eigenvalue weighted by Crippen LogP contribution is 2.29. The molecule has 0 bridgehead atoms. The van der Waals surface area contributed by atoms with Crippen LogP contribution in [0, 0.1) is 0 Å². The third-order valence-corrected chi connectivity index (χ3v) is 6.71. The third-order valence-electron chi connectivity index (χ3n) is 6.71. The molecule has 4 aromatic rings. The van der Waals surface area contributed by atoms with E-state index in [1.54, 1.807) is 18.2 Å². The van der Waals surface area contributed by atoms with E-state index in [1.807, 2.05) is 48.5 Å². The lowest BCUT2D eigenvalue weighted by atomic mass is 10.1. The number of carbonyl (C=O) groups excluding carboxylic acids is 1. The van der Waals surface area contributed by atoms with Gasteiger partial charge in [0.25, 0.3) is 0 Å². The van der Waals surface area contributed by atoms with E-state index in [-0.39, 0.29) is 29.7 Å². The van der Waals surface area contributed by atoms with Gasteiger partial charge in [-0.05, 0) is 84.8 Å². The zero-order valence-electron chi connectivity index (χ0n) is 21.2. The Bertz CT molecular complexity index is 1440. The van der Waals surface area contributed by atoms with Gasteiger partial charge in [-0.3, -0.25) is 4.79 Å². The minimum Gasteiger partial charge on any atom is -0.490 e. The highest BCUT2D eigenvalue weighted by molar-refractivity contribution is 6.01. The second-order valence-electron chi connectivity index (χ2n) is 9.61. The van der Waals surface area contributed by atoms with Crippen molar-refractivity contribution in [2.45, 2.75) is 25.4 Å². The quantitative estimate of drug-likeness (QED) is 0.303. The predicted octanol–water partition coefficient (Wildman–Crippen LogP) is 5.98. The molecule has 1 aliphatic rings. The molecule has 4 aromatic carbocycles.